The first-order chi connectivity index (χ1) is 13.6. The molecule has 150 valence electrons. The zero-order valence-corrected chi connectivity index (χ0v) is 18.4. The Morgan fingerprint density at radius 3 is 2.21 bits per heavy atom. The Labute approximate surface area is 192 Å². The second kappa shape index (κ2) is 12.8. The van der Waals surface area contributed by atoms with Gasteiger partial charge in [0, 0.05) is 11.2 Å². The maximum atomic E-state index is 6.03. The third kappa shape index (κ3) is 7.75. The van der Waals surface area contributed by atoms with Crippen molar-refractivity contribution in [2.75, 3.05) is 13.1 Å². The standard InChI is InChI=1S/C19H19ClN3.C5H5.Fe/c1-13(2)22-11-14-4-3-5-15(14)12-23-18-8-9-21-19-10-16(20)6-7-17(18)19;1-2-4-5-3-1;/h3-10,13H,11-12H2,1-2H3;1-5H;/q-2;;+2. The Kier molecular flexibility index (Phi) is 10.8. The summed E-state index contributed by atoms with van der Waals surface area (Å²) in [7, 11) is 0. The van der Waals surface area contributed by atoms with Gasteiger partial charge in [-0.1, -0.05) is 37.6 Å². The van der Waals surface area contributed by atoms with E-state index in [4.69, 9.17) is 16.9 Å². The first-order valence-electron chi connectivity index (χ1n) is 9.42. The van der Waals surface area contributed by atoms with Crippen LogP contribution >= 0.6 is 11.6 Å². The fourth-order valence-corrected chi connectivity index (χ4v) is 2.99. The molecule has 0 amide bonds. The molecular weight excluding hydrogens is 422 g/mol. The fourth-order valence-electron chi connectivity index (χ4n) is 2.82. The minimum Gasteiger partial charge on any atom is -0.683 e. The summed E-state index contributed by atoms with van der Waals surface area (Å²) in [5.74, 6) is 2.48. The Balaban J connectivity index is 0.000000437. The molecule has 29 heavy (non-hydrogen) atoms. The molecule has 0 saturated heterocycles. The molecule has 0 unspecified atom stereocenters. The van der Waals surface area contributed by atoms with Crippen LogP contribution < -0.4 is 0 Å². The van der Waals surface area contributed by atoms with Crippen molar-refractivity contribution in [2.45, 2.75) is 19.9 Å². The van der Waals surface area contributed by atoms with Gasteiger partial charge >= 0.3 is 17.1 Å². The van der Waals surface area contributed by atoms with Crippen LogP contribution in [0.2, 0.25) is 5.02 Å². The van der Waals surface area contributed by atoms with E-state index in [0.29, 0.717) is 17.6 Å². The maximum absolute atomic E-state index is 6.03. The molecule has 1 aromatic carbocycles. The van der Waals surface area contributed by atoms with Crippen molar-refractivity contribution in [3.8, 4) is 0 Å². The smallest absolute Gasteiger partial charge is 0.683 e. The SMILES string of the molecule is CC(C)[N-]C[C]1[CH][CH][CH][C]1C[N-]c1ccnc2cc(Cl)ccc12.[CH]1[CH][CH][CH][CH]1.[Fe+2]. The number of hydrogen-bond acceptors (Lipinski definition) is 1. The van der Waals surface area contributed by atoms with E-state index in [1.807, 2.05) is 56.4 Å². The molecule has 0 spiro atoms. The van der Waals surface area contributed by atoms with Crippen LogP contribution in [0.25, 0.3) is 21.5 Å². The van der Waals surface area contributed by atoms with E-state index in [1.165, 1.54) is 11.8 Å². The molecule has 3 nitrogen and oxygen atoms in total. The van der Waals surface area contributed by atoms with Gasteiger partial charge in [-0.15, -0.1) is 24.8 Å². The van der Waals surface area contributed by atoms with Gasteiger partial charge in [-0.2, -0.15) is 0 Å². The van der Waals surface area contributed by atoms with E-state index in [9.17, 15) is 0 Å². The Bertz CT molecular complexity index is 726. The summed E-state index contributed by atoms with van der Waals surface area (Å²) < 4.78 is 0. The predicted octanol–water partition coefficient (Wildman–Crippen LogP) is 6.47. The minimum absolute atomic E-state index is 0. The summed E-state index contributed by atoms with van der Waals surface area (Å²) >= 11 is 6.03. The van der Waals surface area contributed by atoms with E-state index in [1.54, 1.807) is 6.20 Å². The Hall–Kier alpha value is -0.801. The summed E-state index contributed by atoms with van der Waals surface area (Å²) in [5, 5.41) is 11.1. The van der Waals surface area contributed by atoms with Gasteiger partial charge in [0.2, 0.25) is 0 Å². The van der Waals surface area contributed by atoms with Crippen LogP contribution in [0.3, 0.4) is 0 Å². The number of halogens is 1. The van der Waals surface area contributed by atoms with Crippen molar-refractivity contribution in [2.24, 2.45) is 0 Å². The molecule has 2 aromatic rings. The molecule has 10 radical (unpaired) electrons. The number of rotatable bonds is 6. The van der Waals surface area contributed by atoms with Crippen LogP contribution in [-0.2, 0) is 17.1 Å². The summed E-state index contributed by atoms with van der Waals surface area (Å²) in [6.07, 6.45) is 18.1. The van der Waals surface area contributed by atoms with Crippen molar-refractivity contribution in [3.63, 3.8) is 0 Å². The van der Waals surface area contributed by atoms with Crippen LogP contribution in [0.4, 0.5) is 5.69 Å². The molecule has 1 heterocycles. The average Bonchev–Trinajstić information content (AvgIpc) is 3.39. The molecule has 2 aliphatic rings. The topological polar surface area (TPSA) is 41.1 Å². The van der Waals surface area contributed by atoms with Crippen molar-refractivity contribution in [3.05, 3.63) is 109 Å². The van der Waals surface area contributed by atoms with Crippen LogP contribution in [0, 0.1) is 63.2 Å². The molecule has 2 fully saturated rings. The summed E-state index contributed by atoms with van der Waals surface area (Å²) in [4.78, 5) is 4.35. The van der Waals surface area contributed by atoms with Crippen LogP contribution in [0.15, 0.2) is 30.5 Å². The van der Waals surface area contributed by atoms with Gasteiger partial charge in [-0.05, 0) is 80.7 Å². The van der Waals surface area contributed by atoms with Crippen molar-refractivity contribution in [1.29, 1.82) is 0 Å². The van der Waals surface area contributed by atoms with Gasteiger partial charge in [-0.3, -0.25) is 4.98 Å². The molecule has 0 bridgehead atoms. The average molecular weight is 446 g/mol. The first-order valence-corrected chi connectivity index (χ1v) is 9.80. The number of aromatic nitrogens is 1. The molecule has 2 saturated carbocycles. The van der Waals surface area contributed by atoms with E-state index < -0.39 is 0 Å². The fraction of sp³-hybridized carbons (Fsp3) is 0.208. The van der Waals surface area contributed by atoms with Crippen molar-refractivity contribution < 1.29 is 17.1 Å². The van der Waals surface area contributed by atoms with Crippen LogP contribution in [-0.4, -0.2) is 24.1 Å². The number of nitrogens with zero attached hydrogens (tertiary/aromatic N) is 3. The molecule has 0 atom stereocenters. The normalized spacial score (nSPS) is 17.2. The zero-order valence-electron chi connectivity index (χ0n) is 16.6. The van der Waals surface area contributed by atoms with Crippen molar-refractivity contribution >= 4 is 28.2 Å². The molecule has 0 aliphatic heterocycles. The molecule has 2 aliphatic carbocycles. The van der Waals surface area contributed by atoms with E-state index >= 15 is 0 Å². The minimum atomic E-state index is 0. The molecule has 4 rings (SSSR count). The van der Waals surface area contributed by atoms with Gasteiger partial charge in [0.05, 0.1) is 5.52 Å². The Morgan fingerprint density at radius 2 is 1.55 bits per heavy atom. The van der Waals surface area contributed by atoms with Gasteiger partial charge < -0.3 is 10.6 Å². The second-order valence-electron chi connectivity index (χ2n) is 6.78. The zero-order chi connectivity index (χ0) is 19.8. The third-order valence-electron chi connectivity index (χ3n) is 4.29. The van der Waals surface area contributed by atoms with E-state index in [0.717, 1.165) is 23.1 Å². The number of benzene rings is 1. The summed E-state index contributed by atoms with van der Waals surface area (Å²) in [6.45, 7) is 5.60. The maximum Gasteiger partial charge on any atom is 2.00 e. The largest absolute Gasteiger partial charge is 2.00 e. The monoisotopic (exact) mass is 445 g/mol. The second-order valence-corrected chi connectivity index (χ2v) is 7.22. The van der Waals surface area contributed by atoms with Gasteiger partial charge in [0.25, 0.3) is 0 Å². The summed E-state index contributed by atoms with van der Waals surface area (Å²) in [5.41, 5.74) is 1.82. The molecular formula is C24H24ClFeN3. The first kappa shape index (κ1) is 24.5. The predicted molar refractivity (Wildman–Crippen MR) is 119 cm³/mol. The van der Waals surface area contributed by atoms with Gasteiger partial charge in [-0.25, -0.2) is 0 Å². The number of hydrogen-bond donors (Lipinski definition) is 0. The number of pyridine rings is 1. The van der Waals surface area contributed by atoms with Crippen LogP contribution in [0.1, 0.15) is 13.8 Å². The molecule has 0 N–H and O–H groups in total. The van der Waals surface area contributed by atoms with Gasteiger partial charge in [0.15, 0.2) is 0 Å². The quantitative estimate of drug-likeness (QED) is 0.470. The third-order valence-corrected chi connectivity index (χ3v) is 4.53. The van der Waals surface area contributed by atoms with Crippen LogP contribution in [0.5, 0.6) is 0 Å². The van der Waals surface area contributed by atoms with E-state index in [-0.39, 0.29) is 17.1 Å². The van der Waals surface area contributed by atoms with Gasteiger partial charge in [0.1, 0.15) is 0 Å². The Morgan fingerprint density at radius 1 is 0.897 bits per heavy atom. The molecule has 1 aromatic heterocycles. The van der Waals surface area contributed by atoms with Crippen molar-refractivity contribution in [1.82, 2.24) is 4.98 Å². The van der Waals surface area contributed by atoms with E-state index in [2.05, 4.69) is 43.4 Å². The molecule has 5 heteroatoms. The summed E-state index contributed by atoms with van der Waals surface area (Å²) in [6, 6.07) is 8.01. The number of fused-ring (bicyclic) bond motifs is 1.